The van der Waals surface area contributed by atoms with Gasteiger partial charge in [-0.3, -0.25) is 0 Å². The van der Waals surface area contributed by atoms with E-state index in [0.717, 1.165) is 6.42 Å². The molecular formula is C17H36O8Ti. The van der Waals surface area contributed by atoms with E-state index in [1.54, 1.807) is 0 Å². The van der Waals surface area contributed by atoms with Gasteiger partial charge < -0.3 is 0 Å². The summed E-state index contributed by atoms with van der Waals surface area (Å²) in [5.74, 6) is -1.41. The molecule has 4 N–H and O–H groups in total. The molecule has 0 atom stereocenters. The molecule has 0 aliphatic rings. The van der Waals surface area contributed by atoms with Crippen molar-refractivity contribution in [1.29, 1.82) is 0 Å². The van der Waals surface area contributed by atoms with Crippen LogP contribution in [0.4, 0.5) is 0 Å². The van der Waals surface area contributed by atoms with E-state index < -0.39 is 44.1 Å². The number of allylic oxidation sites excluding steroid dienone is 2. The predicted molar refractivity (Wildman–Crippen MR) is 95.6 cm³/mol. The van der Waals surface area contributed by atoms with Gasteiger partial charge in [0.25, 0.3) is 0 Å². The minimum absolute atomic E-state index is 0.272. The average molecular weight is 416 g/mol. The van der Waals surface area contributed by atoms with Crippen LogP contribution in [0.15, 0.2) is 25.3 Å². The fourth-order valence-electron chi connectivity index (χ4n) is 4.79. The molecular weight excluding hydrogens is 380 g/mol. The number of hydrogen-bond donors (Lipinski definition) is 4. The molecule has 0 rings (SSSR count). The first-order valence-electron chi connectivity index (χ1n) is 8.98. The van der Waals surface area contributed by atoms with Crippen molar-refractivity contribution in [2.75, 3.05) is 0 Å². The van der Waals surface area contributed by atoms with Crippen molar-refractivity contribution in [3.8, 4) is 0 Å². The number of unbranched alkanes of at least 4 members (excludes halogenated alkanes) is 2. The maximum absolute atomic E-state index is 14.6. The predicted octanol–water partition coefficient (Wildman–Crippen LogP) is 4.00. The molecule has 8 nitrogen and oxygen atoms in total. The molecule has 0 aromatic carbocycles. The Labute approximate surface area is 147 Å². The maximum atomic E-state index is 14.6. The second-order valence-electron chi connectivity index (χ2n) is 10.6. The first-order valence-corrected chi connectivity index (χ1v) is 16.3. The third-order valence-corrected chi connectivity index (χ3v) is 17.8. The van der Waals surface area contributed by atoms with Crippen molar-refractivity contribution in [1.82, 2.24) is 0 Å². The van der Waals surface area contributed by atoms with Gasteiger partial charge in [-0.15, -0.1) is 0 Å². The van der Waals surface area contributed by atoms with Gasteiger partial charge >= 0.3 is 148 Å². The summed E-state index contributed by atoms with van der Waals surface area (Å²) in [6, 6.07) is 0. The van der Waals surface area contributed by atoms with Gasteiger partial charge in [0.05, 0.1) is 0 Å². The van der Waals surface area contributed by atoms with Crippen LogP contribution in [-0.4, -0.2) is 22.3 Å². The summed E-state index contributed by atoms with van der Waals surface area (Å²) >= 11 is -11.0. The zero-order chi connectivity index (χ0) is 21.2. The van der Waals surface area contributed by atoms with Gasteiger partial charge in [0.2, 0.25) is 0 Å². The third-order valence-electron chi connectivity index (χ3n) is 5.07. The Morgan fingerprint density at radius 1 is 1.08 bits per heavy atom. The van der Waals surface area contributed by atoms with Crippen LogP contribution in [0.2, 0.25) is 14.2 Å². The number of carbonyl (C=O) groups excluding carboxylic acids is 1. The van der Waals surface area contributed by atoms with E-state index in [-0.39, 0.29) is 6.42 Å². The van der Waals surface area contributed by atoms with Gasteiger partial charge in [-0.05, 0) is 0 Å². The standard InChI is InChI=1S/C6H12O2.C5H11.2C3H5.H2O2.3H2O.O.Ti/c1-2-3-4-5-6(7)8;1-5(2,3)4;2*1-3-2;1-2;;;;;/h2-5H2,1H3,(H,7,8);1H2,2-4H3;2*3H,1-2H2;1-2H;3*1H2;;/q;;;;;;;;;+5/p-5. The zero-order valence-electron chi connectivity index (χ0n) is 16.4. The Kier molecular flexibility index (Phi) is 4.18. The third kappa shape index (κ3) is 4.39. The van der Waals surface area contributed by atoms with E-state index in [9.17, 15) is 24.4 Å². The van der Waals surface area contributed by atoms with Crippen molar-refractivity contribution in [2.45, 2.75) is 67.6 Å². The van der Waals surface area contributed by atoms with Crippen LogP contribution in [0.3, 0.4) is 0 Å². The van der Waals surface area contributed by atoms with E-state index in [0.29, 0.717) is 18.6 Å². The van der Waals surface area contributed by atoms with Gasteiger partial charge in [0, 0.05) is 0 Å². The molecule has 0 saturated heterocycles. The second-order valence-corrected chi connectivity index (χ2v) is 28.1. The molecule has 0 fully saturated rings. The minimum atomic E-state index is -11.0. The van der Waals surface area contributed by atoms with Gasteiger partial charge in [-0.1, -0.05) is 0 Å². The van der Waals surface area contributed by atoms with Gasteiger partial charge in [0.15, 0.2) is 0 Å². The SMILES string of the molecule is C=C[CH2][Ti](=[O])([OH])([OH])([OH])([CH2]C=C)([CH2]C(C)(C)C)([O]O)[O]C(=O)CCCCC. The molecule has 0 bridgehead atoms. The zero-order valence-corrected chi connectivity index (χ0v) is 18.0. The molecule has 0 spiro atoms. The van der Waals surface area contributed by atoms with Crippen molar-refractivity contribution in [3.05, 3.63) is 25.3 Å². The van der Waals surface area contributed by atoms with E-state index >= 15 is 0 Å². The monoisotopic (exact) mass is 416 g/mol. The fourth-order valence-corrected chi connectivity index (χ4v) is 18.1. The first-order chi connectivity index (χ1) is 11.1. The summed E-state index contributed by atoms with van der Waals surface area (Å²) in [7, 11) is 0. The summed E-state index contributed by atoms with van der Waals surface area (Å²) in [5, 5.41) is 9.74. The fraction of sp³-hybridized carbons (Fsp3) is 0.706. The average Bonchev–Trinajstić information content (AvgIpc) is 2.36. The number of rotatable bonds is 11. The van der Waals surface area contributed by atoms with E-state index in [4.69, 9.17) is 3.32 Å². The van der Waals surface area contributed by atoms with Gasteiger partial charge in [0.1, 0.15) is 0 Å². The van der Waals surface area contributed by atoms with Crippen LogP contribution < -0.4 is 0 Å². The molecule has 9 heteroatoms. The van der Waals surface area contributed by atoms with Crippen molar-refractivity contribution in [3.63, 3.8) is 0 Å². The van der Waals surface area contributed by atoms with Crippen LogP contribution >= 0.6 is 0 Å². The van der Waals surface area contributed by atoms with Crippen molar-refractivity contribution in [2.24, 2.45) is 5.41 Å². The van der Waals surface area contributed by atoms with Crippen LogP contribution in [0.25, 0.3) is 0 Å². The normalized spacial score (nSPS) is 20.8. The van der Waals surface area contributed by atoms with Crippen molar-refractivity contribution >= 4 is 5.97 Å². The Bertz CT molecular complexity index is 822. The van der Waals surface area contributed by atoms with E-state index in [1.807, 2.05) is 6.92 Å². The summed E-state index contributed by atoms with van der Waals surface area (Å²) in [6.45, 7) is 12.5. The van der Waals surface area contributed by atoms with Crippen LogP contribution in [0, 0.1) is 5.41 Å². The van der Waals surface area contributed by atoms with Crippen LogP contribution in [0.5, 0.6) is 0 Å². The summed E-state index contributed by atoms with van der Waals surface area (Å²) < 4.78 is 53.3. The van der Waals surface area contributed by atoms with E-state index in [2.05, 4.69) is 16.6 Å². The molecule has 26 heavy (non-hydrogen) atoms. The Morgan fingerprint density at radius 3 is 1.85 bits per heavy atom. The van der Waals surface area contributed by atoms with E-state index in [1.165, 1.54) is 20.8 Å². The van der Waals surface area contributed by atoms with Crippen molar-refractivity contribution < 1.29 is 43.3 Å². The van der Waals surface area contributed by atoms with Crippen LogP contribution in [-0.2, 0) is 27.0 Å². The van der Waals surface area contributed by atoms with Crippen LogP contribution in [0.1, 0.15) is 53.4 Å². The molecule has 0 amide bonds. The Morgan fingerprint density at radius 2 is 1.54 bits per heavy atom. The molecule has 0 aliphatic carbocycles. The molecule has 156 valence electrons. The molecule has 0 aliphatic heterocycles. The second kappa shape index (κ2) is 4.30. The summed E-state index contributed by atoms with van der Waals surface area (Å²) in [5.41, 5.74) is -1.37. The molecule has 0 saturated carbocycles. The first kappa shape index (κ1) is 25.3. The quantitative estimate of drug-likeness (QED) is 0.131. The molecule has 0 aromatic rings. The Hall–Kier alpha value is -0.736. The summed E-state index contributed by atoms with van der Waals surface area (Å²) in [4.78, 5) is 12.4. The van der Waals surface area contributed by atoms with Gasteiger partial charge in [-0.25, -0.2) is 0 Å². The van der Waals surface area contributed by atoms with Gasteiger partial charge in [-0.2, -0.15) is 0 Å². The number of hydrogen-bond acceptors (Lipinski definition) is 5. The molecule has 0 radical (unpaired) electrons. The summed E-state index contributed by atoms with van der Waals surface area (Å²) in [6.07, 6.45) is 2.51. The molecule has 0 aromatic heterocycles. The molecule has 0 unspecified atom stereocenters. The topological polar surface area (TPSA) is 134 Å². The molecule has 0 heterocycles. The number of carbonyl (C=O) groups is 1. The Balaban J connectivity index is 7.21.